The molecule has 2 aromatic heterocycles. The second-order valence-electron chi connectivity index (χ2n) is 5.80. The predicted molar refractivity (Wildman–Crippen MR) is 106 cm³/mol. The van der Waals surface area contributed by atoms with Gasteiger partial charge >= 0.3 is 0 Å². The zero-order chi connectivity index (χ0) is 16.7. The number of thiophene rings is 2. The van der Waals surface area contributed by atoms with E-state index in [0.29, 0.717) is 0 Å². The molecule has 0 spiro atoms. The van der Waals surface area contributed by atoms with E-state index in [-0.39, 0.29) is 5.91 Å². The quantitative estimate of drug-likeness (QED) is 0.533. The predicted octanol–water partition coefficient (Wildman–Crippen LogP) is 5.43. The van der Waals surface area contributed by atoms with Crippen LogP contribution in [0.2, 0.25) is 0 Å². The summed E-state index contributed by atoms with van der Waals surface area (Å²) in [6.45, 7) is 0. The van der Waals surface area contributed by atoms with Gasteiger partial charge in [0.05, 0.1) is 9.58 Å². The van der Waals surface area contributed by atoms with E-state index in [4.69, 9.17) is 0 Å². The summed E-state index contributed by atoms with van der Waals surface area (Å²) in [7, 11) is 3.97. The number of benzene rings is 2. The molecule has 1 N–H and O–H groups in total. The highest BCUT2D eigenvalue weighted by atomic mass is 32.1. The second kappa shape index (κ2) is 5.92. The van der Waals surface area contributed by atoms with Gasteiger partial charge in [-0.1, -0.05) is 24.3 Å². The van der Waals surface area contributed by atoms with Crippen molar-refractivity contribution in [1.82, 2.24) is 0 Å². The summed E-state index contributed by atoms with van der Waals surface area (Å²) in [4.78, 5) is 15.4. The summed E-state index contributed by atoms with van der Waals surface area (Å²) in [5.41, 5.74) is 1.87. The van der Waals surface area contributed by atoms with Crippen molar-refractivity contribution in [3.63, 3.8) is 0 Å². The maximum atomic E-state index is 12.6. The van der Waals surface area contributed by atoms with Crippen LogP contribution < -0.4 is 10.2 Å². The van der Waals surface area contributed by atoms with Crippen molar-refractivity contribution in [2.45, 2.75) is 0 Å². The Labute approximate surface area is 148 Å². The smallest absolute Gasteiger partial charge is 0.265 e. The average Bonchev–Trinajstić information content (AvgIpc) is 3.13. The van der Waals surface area contributed by atoms with Gasteiger partial charge in [0.15, 0.2) is 0 Å². The number of carbonyl (C=O) groups excluding carboxylic acids is 1. The number of carbonyl (C=O) groups is 1. The van der Waals surface area contributed by atoms with Crippen molar-refractivity contribution in [2.24, 2.45) is 0 Å². The van der Waals surface area contributed by atoms with Crippen LogP contribution in [0.4, 0.5) is 11.4 Å². The SMILES string of the molecule is CN(C)c1cccc(NC(=O)c2cc3sc4ccccc4c3s2)c1. The minimum Gasteiger partial charge on any atom is -0.378 e. The molecule has 120 valence electrons. The van der Waals surface area contributed by atoms with Crippen molar-refractivity contribution < 1.29 is 4.79 Å². The number of nitrogens with one attached hydrogen (secondary N) is 1. The van der Waals surface area contributed by atoms with Gasteiger partial charge in [-0.15, -0.1) is 22.7 Å². The first-order valence-electron chi connectivity index (χ1n) is 7.61. The van der Waals surface area contributed by atoms with E-state index in [1.165, 1.54) is 19.5 Å². The van der Waals surface area contributed by atoms with Crippen LogP contribution in [-0.2, 0) is 0 Å². The first-order chi connectivity index (χ1) is 11.6. The molecule has 3 nitrogen and oxygen atoms in total. The number of nitrogens with zero attached hydrogens (tertiary/aromatic N) is 1. The Kier molecular flexibility index (Phi) is 3.75. The highest BCUT2D eigenvalue weighted by molar-refractivity contribution is 7.33. The monoisotopic (exact) mass is 352 g/mol. The normalized spacial score (nSPS) is 11.1. The lowest BCUT2D eigenvalue weighted by atomic mass is 10.2. The standard InChI is InChI=1S/C19H16N2OS2/c1-21(2)13-7-5-6-12(10-13)20-19(22)17-11-16-18(24-17)14-8-3-4-9-15(14)23-16/h3-11H,1-2H3,(H,20,22). The molecule has 0 bridgehead atoms. The topological polar surface area (TPSA) is 32.3 Å². The van der Waals surface area contributed by atoms with Crippen LogP contribution in [0.3, 0.4) is 0 Å². The van der Waals surface area contributed by atoms with E-state index in [0.717, 1.165) is 16.3 Å². The van der Waals surface area contributed by atoms with Crippen molar-refractivity contribution in [3.05, 3.63) is 59.5 Å². The van der Waals surface area contributed by atoms with Gasteiger partial charge in [0.2, 0.25) is 0 Å². The molecular formula is C19H16N2OS2. The Morgan fingerprint density at radius 3 is 2.62 bits per heavy atom. The molecule has 0 unspecified atom stereocenters. The van der Waals surface area contributed by atoms with Gasteiger partial charge in [-0.05, 0) is 30.3 Å². The fraction of sp³-hybridized carbons (Fsp3) is 0.105. The Balaban J connectivity index is 1.64. The van der Waals surface area contributed by atoms with Crippen LogP contribution >= 0.6 is 22.7 Å². The highest BCUT2D eigenvalue weighted by Gasteiger charge is 2.14. The first kappa shape index (κ1) is 15.2. The van der Waals surface area contributed by atoms with Crippen LogP contribution in [0.25, 0.3) is 19.5 Å². The number of rotatable bonds is 3. The molecule has 4 aromatic rings. The summed E-state index contributed by atoms with van der Waals surface area (Å²) >= 11 is 3.30. The molecule has 5 heteroatoms. The maximum Gasteiger partial charge on any atom is 0.265 e. The molecule has 2 heterocycles. The zero-order valence-electron chi connectivity index (χ0n) is 13.4. The third-order valence-corrected chi connectivity index (χ3v) is 6.31. The summed E-state index contributed by atoms with van der Waals surface area (Å²) in [5.74, 6) is -0.0524. The number of amides is 1. The fourth-order valence-electron chi connectivity index (χ4n) is 2.67. The molecule has 0 aliphatic rings. The third-order valence-electron chi connectivity index (χ3n) is 3.89. The van der Waals surface area contributed by atoms with Crippen LogP contribution in [0.1, 0.15) is 9.67 Å². The van der Waals surface area contributed by atoms with Crippen LogP contribution in [-0.4, -0.2) is 20.0 Å². The van der Waals surface area contributed by atoms with E-state index < -0.39 is 0 Å². The van der Waals surface area contributed by atoms with Gasteiger partial charge in [-0.25, -0.2) is 0 Å². The van der Waals surface area contributed by atoms with E-state index in [9.17, 15) is 4.79 Å². The molecule has 2 aromatic carbocycles. The molecule has 4 rings (SSSR count). The molecule has 0 saturated carbocycles. The maximum absolute atomic E-state index is 12.6. The third kappa shape index (κ3) is 2.66. The Bertz CT molecular complexity index is 1050. The lowest BCUT2D eigenvalue weighted by molar-refractivity contribution is 0.103. The second-order valence-corrected chi connectivity index (χ2v) is 7.94. The minimum atomic E-state index is -0.0524. The average molecular weight is 352 g/mol. The molecule has 0 saturated heterocycles. The number of hydrogen-bond acceptors (Lipinski definition) is 4. The van der Waals surface area contributed by atoms with E-state index in [1.54, 1.807) is 22.7 Å². The van der Waals surface area contributed by atoms with Crippen LogP contribution in [0.15, 0.2) is 54.6 Å². The van der Waals surface area contributed by atoms with Gasteiger partial charge in [0.1, 0.15) is 0 Å². The molecule has 0 radical (unpaired) electrons. The molecule has 1 amide bonds. The van der Waals surface area contributed by atoms with Crippen molar-refractivity contribution in [3.8, 4) is 0 Å². The van der Waals surface area contributed by atoms with Crippen LogP contribution in [0.5, 0.6) is 0 Å². The van der Waals surface area contributed by atoms with Crippen molar-refractivity contribution in [2.75, 3.05) is 24.3 Å². The van der Waals surface area contributed by atoms with E-state index in [2.05, 4.69) is 17.4 Å². The van der Waals surface area contributed by atoms with Gasteiger partial charge in [-0.2, -0.15) is 0 Å². The number of fused-ring (bicyclic) bond motifs is 3. The number of hydrogen-bond donors (Lipinski definition) is 1. The minimum absolute atomic E-state index is 0.0524. The molecule has 0 atom stereocenters. The Morgan fingerprint density at radius 2 is 1.79 bits per heavy atom. The fourth-order valence-corrected chi connectivity index (χ4v) is 5.09. The van der Waals surface area contributed by atoms with Gasteiger partial charge in [-0.3, -0.25) is 4.79 Å². The Morgan fingerprint density at radius 1 is 0.958 bits per heavy atom. The van der Waals surface area contributed by atoms with E-state index in [1.807, 2.05) is 61.5 Å². The van der Waals surface area contributed by atoms with Crippen molar-refractivity contribution >= 4 is 59.4 Å². The largest absolute Gasteiger partial charge is 0.378 e. The summed E-state index contributed by atoms with van der Waals surface area (Å²) in [6, 6.07) is 18.2. The zero-order valence-corrected chi connectivity index (χ0v) is 15.0. The number of anilines is 2. The first-order valence-corrected chi connectivity index (χ1v) is 9.25. The summed E-state index contributed by atoms with van der Waals surface area (Å²) in [5, 5.41) is 4.23. The summed E-state index contributed by atoms with van der Waals surface area (Å²) < 4.78 is 3.64. The van der Waals surface area contributed by atoms with Gasteiger partial charge in [0.25, 0.3) is 5.91 Å². The molecule has 0 aliphatic heterocycles. The van der Waals surface area contributed by atoms with Gasteiger partial charge in [0, 0.05) is 40.3 Å². The van der Waals surface area contributed by atoms with Crippen molar-refractivity contribution in [1.29, 1.82) is 0 Å². The molecular weight excluding hydrogens is 336 g/mol. The molecule has 0 fully saturated rings. The molecule has 0 aliphatic carbocycles. The van der Waals surface area contributed by atoms with Gasteiger partial charge < -0.3 is 10.2 Å². The van der Waals surface area contributed by atoms with E-state index >= 15 is 0 Å². The lowest BCUT2D eigenvalue weighted by Crippen LogP contribution is -2.12. The lowest BCUT2D eigenvalue weighted by Gasteiger charge is -2.13. The Hall–Kier alpha value is -2.37. The van der Waals surface area contributed by atoms with Crippen LogP contribution in [0, 0.1) is 0 Å². The summed E-state index contributed by atoms with van der Waals surface area (Å²) in [6.07, 6.45) is 0. The molecule has 24 heavy (non-hydrogen) atoms. The highest BCUT2D eigenvalue weighted by Crippen LogP contribution is 2.39.